The Kier molecular flexibility index (Phi) is 7.19. The number of benzene rings is 2. The number of alkyl halides is 3. The molecule has 0 radical (unpaired) electrons. The van der Waals surface area contributed by atoms with Crippen LogP contribution in [0.5, 0.6) is 0 Å². The number of carbonyl (C=O) groups is 2. The van der Waals surface area contributed by atoms with Crippen LogP contribution in [0.2, 0.25) is 0 Å². The zero-order chi connectivity index (χ0) is 27.6. The van der Waals surface area contributed by atoms with Crippen LogP contribution < -0.4 is 10.2 Å². The smallest absolute Gasteiger partial charge is 0.418 e. The number of nitrogens with zero attached hydrogens (tertiary/aromatic N) is 3. The fraction of sp³-hybridized carbons (Fsp3) is 0.241. The van der Waals surface area contributed by atoms with E-state index < -0.39 is 29.7 Å². The Morgan fingerprint density at radius 2 is 1.72 bits per heavy atom. The van der Waals surface area contributed by atoms with Gasteiger partial charge in [0.25, 0.3) is 0 Å². The second-order valence-electron chi connectivity index (χ2n) is 9.22. The fourth-order valence-electron chi connectivity index (χ4n) is 4.85. The van der Waals surface area contributed by atoms with E-state index in [1.807, 2.05) is 54.1 Å². The highest BCUT2D eigenvalue weighted by Gasteiger charge is 2.39. The van der Waals surface area contributed by atoms with Gasteiger partial charge in [0.05, 0.1) is 34.6 Å². The van der Waals surface area contributed by atoms with Crippen LogP contribution in [-0.4, -0.2) is 34.5 Å². The van der Waals surface area contributed by atoms with Crippen molar-refractivity contribution in [1.29, 1.82) is 0 Å². The number of hydrogen-bond donors (Lipinski definition) is 1. The van der Waals surface area contributed by atoms with Crippen LogP contribution in [0.15, 0.2) is 89.7 Å². The van der Waals surface area contributed by atoms with Crippen LogP contribution in [0, 0.1) is 0 Å². The number of para-hydroxylation sites is 3. The first-order valence-corrected chi connectivity index (χ1v) is 12.6. The quantitative estimate of drug-likeness (QED) is 0.281. The molecule has 0 bridgehead atoms. The van der Waals surface area contributed by atoms with Crippen LogP contribution >= 0.6 is 0 Å². The molecule has 0 fully saturated rings. The van der Waals surface area contributed by atoms with Gasteiger partial charge in [0.1, 0.15) is 18.3 Å². The Morgan fingerprint density at radius 3 is 2.44 bits per heavy atom. The van der Waals surface area contributed by atoms with Gasteiger partial charge in [-0.1, -0.05) is 37.6 Å². The number of halogens is 3. The van der Waals surface area contributed by atoms with Crippen molar-refractivity contribution in [2.24, 2.45) is 0 Å². The van der Waals surface area contributed by atoms with Gasteiger partial charge in [0, 0.05) is 12.7 Å². The molecule has 1 atom stereocenters. The maximum Gasteiger partial charge on any atom is 0.418 e. The fourth-order valence-corrected chi connectivity index (χ4v) is 4.85. The minimum Gasteiger partial charge on any atom is -0.467 e. The number of amides is 3. The van der Waals surface area contributed by atoms with Gasteiger partial charge >= 0.3 is 12.2 Å². The Morgan fingerprint density at radius 1 is 0.974 bits per heavy atom. The van der Waals surface area contributed by atoms with Crippen LogP contribution in [-0.2, 0) is 11.0 Å². The molecule has 1 N–H and O–H groups in total. The molecule has 7 nitrogen and oxygen atoms in total. The molecule has 1 unspecified atom stereocenters. The molecule has 4 aromatic rings. The van der Waals surface area contributed by atoms with E-state index in [1.165, 1.54) is 29.4 Å². The Bertz CT molecular complexity index is 1460. The molecule has 1 aliphatic heterocycles. The van der Waals surface area contributed by atoms with E-state index >= 15 is 0 Å². The van der Waals surface area contributed by atoms with Crippen molar-refractivity contribution in [3.05, 3.63) is 102 Å². The zero-order valence-electron chi connectivity index (χ0n) is 21.2. The number of furan rings is 1. The van der Waals surface area contributed by atoms with Crippen molar-refractivity contribution >= 4 is 23.3 Å². The molecule has 0 aliphatic carbocycles. The van der Waals surface area contributed by atoms with Crippen molar-refractivity contribution in [2.75, 3.05) is 23.3 Å². The highest BCUT2D eigenvalue weighted by molar-refractivity contribution is 6.01. The molecule has 3 heterocycles. The molecular weight excluding hydrogens is 509 g/mol. The second-order valence-corrected chi connectivity index (χ2v) is 9.22. The summed E-state index contributed by atoms with van der Waals surface area (Å²) in [5, 5.41) is 2.38. The summed E-state index contributed by atoms with van der Waals surface area (Å²) in [6.45, 7) is 1.78. The Balaban J connectivity index is 1.48. The average molecular weight is 537 g/mol. The molecular formula is C29H27F3N4O3. The summed E-state index contributed by atoms with van der Waals surface area (Å²) in [5.41, 5.74) is 0.908. The summed E-state index contributed by atoms with van der Waals surface area (Å²) in [5.74, 6) is 0.146. The summed E-state index contributed by atoms with van der Waals surface area (Å²) >= 11 is 0. The first-order valence-electron chi connectivity index (χ1n) is 12.6. The molecule has 2 aromatic heterocycles. The maximum atomic E-state index is 14.0. The third-order valence-electron chi connectivity index (χ3n) is 6.67. The van der Waals surface area contributed by atoms with Crippen molar-refractivity contribution in [3.8, 4) is 5.69 Å². The number of hydrogen-bond acceptors (Lipinski definition) is 3. The summed E-state index contributed by atoms with van der Waals surface area (Å²) in [6, 6.07) is 18.1. The van der Waals surface area contributed by atoms with Gasteiger partial charge < -0.3 is 19.2 Å². The van der Waals surface area contributed by atoms with Crippen LogP contribution in [0.25, 0.3) is 5.69 Å². The Labute approximate surface area is 223 Å². The molecule has 39 heavy (non-hydrogen) atoms. The van der Waals surface area contributed by atoms with Crippen LogP contribution in [0.4, 0.5) is 29.3 Å². The standard InChI is InChI=1S/C29H27F3N4O3/c1-2-3-16-34(28(38)33-21-11-5-4-10-20(21)29(30,31)32)19-26(37)36-23-13-7-6-12-22(23)35-17-8-14-24(35)27(36)25-15-9-18-39-25/h4-15,17-18,27H,2-3,16,19H2,1H3,(H,33,38). The van der Waals surface area contributed by atoms with Gasteiger partial charge in [-0.25, -0.2) is 4.79 Å². The molecule has 10 heteroatoms. The number of carbonyl (C=O) groups excluding carboxylic acids is 2. The highest BCUT2D eigenvalue weighted by atomic mass is 19.4. The maximum absolute atomic E-state index is 14.0. The Hall–Kier alpha value is -4.47. The third-order valence-corrected chi connectivity index (χ3v) is 6.67. The van der Waals surface area contributed by atoms with E-state index in [0.717, 1.165) is 23.9 Å². The lowest BCUT2D eigenvalue weighted by atomic mass is 10.0. The van der Waals surface area contributed by atoms with E-state index in [4.69, 9.17) is 4.42 Å². The van der Waals surface area contributed by atoms with Crippen LogP contribution in [0.3, 0.4) is 0 Å². The van der Waals surface area contributed by atoms with E-state index in [0.29, 0.717) is 17.9 Å². The number of nitrogens with one attached hydrogen (secondary N) is 1. The summed E-state index contributed by atoms with van der Waals surface area (Å²) in [6.07, 6.45) is 0.0986. The van der Waals surface area contributed by atoms with Crippen molar-refractivity contribution in [1.82, 2.24) is 9.47 Å². The molecule has 202 valence electrons. The van der Waals surface area contributed by atoms with E-state index in [9.17, 15) is 22.8 Å². The van der Waals surface area contributed by atoms with Gasteiger partial charge in [-0.2, -0.15) is 13.2 Å². The van der Waals surface area contributed by atoms with Gasteiger partial charge in [-0.15, -0.1) is 0 Å². The normalized spacial score (nSPS) is 14.5. The number of urea groups is 1. The summed E-state index contributed by atoms with van der Waals surface area (Å²) < 4.78 is 48.3. The molecule has 0 spiro atoms. The monoisotopic (exact) mass is 536 g/mol. The predicted octanol–water partition coefficient (Wildman–Crippen LogP) is 6.86. The highest BCUT2D eigenvalue weighted by Crippen LogP contribution is 2.42. The second kappa shape index (κ2) is 10.7. The van der Waals surface area contributed by atoms with Crippen molar-refractivity contribution < 1.29 is 27.2 Å². The first kappa shape index (κ1) is 26.1. The largest absolute Gasteiger partial charge is 0.467 e. The molecule has 5 rings (SSSR count). The van der Waals surface area contributed by atoms with E-state index in [-0.39, 0.29) is 18.8 Å². The van der Waals surface area contributed by atoms with Gasteiger partial charge in [0.15, 0.2) is 0 Å². The lowest BCUT2D eigenvalue weighted by molar-refractivity contribution is -0.137. The summed E-state index contributed by atoms with van der Waals surface area (Å²) in [7, 11) is 0. The average Bonchev–Trinajstić information content (AvgIpc) is 3.63. The number of anilines is 2. The lowest BCUT2D eigenvalue weighted by Crippen LogP contribution is -2.48. The lowest BCUT2D eigenvalue weighted by Gasteiger charge is -2.38. The number of unbranched alkanes of at least 4 members (excludes halogenated alkanes) is 1. The van der Waals surface area contributed by atoms with Gasteiger partial charge in [0.2, 0.25) is 5.91 Å². The van der Waals surface area contributed by atoms with E-state index in [1.54, 1.807) is 17.0 Å². The minimum atomic E-state index is -4.64. The topological polar surface area (TPSA) is 70.7 Å². The minimum absolute atomic E-state index is 0.194. The zero-order valence-corrected chi connectivity index (χ0v) is 21.2. The van der Waals surface area contributed by atoms with Gasteiger partial charge in [-0.3, -0.25) is 9.69 Å². The first-order chi connectivity index (χ1) is 18.8. The van der Waals surface area contributed by atoms with E-state index in [2.05, 4.69) is 5.32 Å². The third kappa shape index (κ3) is 5.14. The van der Waals surface area contributed by atoms with Crippen LogP contribution in [0.1, 0.15) is 42.8 Å². The number of fused-ring (bicyclic) bond motifs is 3. The van der Waals surface area contributed by atoms with Crippen molar-refractivity contribution in [3.63, 3.8) is 0 Å². The van der Waals surface area contributed by atoms with Crippen molar-refractivity contribution in [2.45, 2.75) is 32.0 Å². The molecule has 3 amide bonds. The SMILES string of the molecule is CCCCN(CC(=O)N1c2ccccc2-n2cccc2C1c1ccco1)C(=O)Nc1ccccc1C(F)(F)F. The molecule has 0 saturated heterocycles. The number of rotatable bonds is 7. The number of aromatic nitrogens is 1. The van der Waals surface area contributed by atoms with Gasteiger partial charge in [-0.05, 0) is 55.0 Å². The molecule has 0 saturated carbocycles. The molecule has 2 aromatic carbocycles. The molecule has 1 aliphatic rings. The predicted molar refractivity (Wildman–Crippen MR) is 141 cm³/mol. The summed E-state index contributed by atoms with van der Waals surface area (Å²) in [4.78, 5) is 30.2.